The van der Waals surface area contributed by atoms with Crippen molar-refractivity contribution in [2.24, 2.45) is 0 Å². The highest BCUT2D eigenvalue weighted by atomic mass is 35.5. The van der Waals surface area contributed by atoms with E-state index in [9.17, 15) is 0 Å². The van der Waals surface area contributed by atoms with Crippen molar-refractivity contribution in [2.75, 3.05) is 26.4 Å². The summed E-state index contributed by atoms with van der Waals surface area (Å²) in [5, 5.41) is 20.7. The molecule has 3 rings (SSSR count). The summed E-state index contributed by atoms with van der Waals surface area (Å²) in [6, 6.07) is 5.65. The van der Waals surface area contributed by atoms with E-state index in [1.807, 2.05) is 18.2 Å². The molecule has 1 aliphatic carbocycles. The third-order valence-electron chi connectivity index (χ3n) is 4.16. The van der Waals surface area contributed by atoms with Crippen LogP contribution in [-0.4, -0.2) is 36.6 Å². The van der Waals surface area contributed by atoms with Crippen LogP contribution in [0.15, 0.2) is 18.2 Å². The van der Waals surface area contributed by atoms with Crippen LogP contribution in [0.1, 0.15) is 24.0 Å². The van der Waals surface area contributed by atoms with Crippen molar-refractivity contribution in [1.82, 2.24) is 0 Å². The smallest absolute Gasteiger partial charge is 0.131 e. The first kappa shape index (κ1) is 16.4. The van der Waals surface area contributed by atoms with E-state index >= 15 is 0 Å². The van der Waals surface area contributed by atoms with Gasteiger partial charge < -0.3 is 19.7 Å². The molecule has 2 aromatic carbocycles. The van der Waals surface area contributed by atoms with Gasteiger partial charge >= 0.3 is 0 Å². The minimum absolute atomic E-state index is 0.0212. The topological polar surface area (TPSA) is 58.9 Å². The molecule has 0 amide bonds. The fourth-order valence-corrected chi connectivity index (χ4v) is 3.43. The number of ether oxygens (including phenoxy) is 2. The van der Waals surface area contributed by atoms with Gasteiger partial charge in [0.2, 0.25) is 0 Å². The molecular weight excluding hydrogens is 316 g/mol. The van der Waals surface area contributed by atoms with Gasteiger partial charge in [0, 0.05) is 26.9 Å². The van der Waals surface area contributed by atoms with Gasteiger partial charge in [-0.3, -0.25) is 0 Å². The van der Waals surface area contributed by atoms with Crippen LogP contribution in [0.2, 0.25) is 5.02 Å². The number of benzene rings is 2. The molecule has 0 spiro atoms. The van der Waals surface area contributed by atoms with Gasteiger partial charge in [-0.15, -0.1) is 0 Å². The van der Waals surface area contributed by atoms with Crippen molar-refractivity contribution in [1.29, 1.82) is 0 Å². The first-order valence-electron chi connectivity index (χ1n) is 8.00. The van der Waals surface area contributed by atoms with Crippen molar-refractivity contribution >= 4 is 22.4 Å². The SMILES string of the molecule is OCCOc1c2c(c(OCCO)c3cc(Cl)ccc13)CCCC2. The molecule has 5 heteroatoms. The van der Waals surface area contributed by atoms with Crippen molar-refractivity contribution in [3.05, 3.63) is 34.3 Å². The van der Waals surface area contributed by atoms with Crippen LogP contribution in [0.3, 0.4) is 0 Å². The molecule has 0 radical (unpaired) electrons. The van der Waals surface area contributed by atoms with Crippen LogP contribution < -0.4 is 9.47 Å². The van der Waals surface area contributed by atoms with Crippen LogP contribution >= 0.6 is 11.6 Å². The summed E-state index contributed by atoms with van der Waals surface area (Å²) in [6.07, 6.45) is 4.08. The zero-order valence-corrected chi connectivity index (χ0v) is 13.7. The third-order valence-corrected chi connectivity index (χ3v) is 4.40. The summed E-state index contributed by atoms with van der Waals surface area (Å²) in [7, 11) is 0. The van der Waals surface area contributed by atoms with Crippen LogP contribution in [-0.2, 0) is 12.8 Å². The van der Waals surface area contributed by atoms with E-state index < -0.39 is 0 Å². The molecule has 0 bridgehead atoms. The van der Waals surface area contributed by atoms with Crippen LogP contribution in [0.5, 0.6) is 11.5 Å². The molecule has 2 aromatic rings. The van der Waals surface area contributed by atoms with E-state index in [2.05, 4.69) is 0 Å². The van der Waals surface area contributed by atoms with Crippen LogP contribution in [0.4, 0.5) is 0 Å². The summed E-state index contributed by atoms with van der Waals surface area (Å²) in [5.41, 5.74) is 2.31. The molecule has 0 aromatic heterocycles. The van der Waals surface area contributed by atoms with Gasteiger partial charge in [-0.05, 0) is 43.9 Å². The largest absolute Gasteiger partial charge is 0.490 e. The Balaban J connectivity index is 2.24. The third kappa shape index (κ3) is 3.25. The summed E-state index contributed by atoms with van der Waals surface area (Å²) in [4.78, 5) is 0. The standard InChI is InChI=1S/C18H21ClO4/c19-12-5-6-15-16(11-12)18(23-10-8-21)14-4-2-1-3-13(14)17(15)22-9-7-20/h5-6,11,20-21H,1-4,7-10H2. The molecule has 0 heterocycles. The van der Waals surface area contributed by atoms with Gasteiger partial charge in [0.1, 0.15) is 24.7 Å². The van der Waals surface area contributed by atoms with Crippen molar-refractivity contribution in [3.63, 3.8) is 0 Å². The molecule has 0 unspecified atom stereocenters. The molecular formula is C18H21ClO4. The summed E-state index contributed by atoms with van der Waals surface area (Å²) >= 11 is 6.18. The Morgan fingerprint density at radius 2 is 1.43 bits per heavy atom. The van der Waals surface area contributed by atoms with E-state index in [4.69, 9.17) is 31.3 Å². The highest BCUT2D eigenvalue weighted by Crippen LogP contribution is 2.44. The van der Waals surface area contributed by atoms with Crippen molar-refractivity contribution in [2.45, 2.75) is 25.7 Å². The van der Waals surface area contributed by atoms with Gasteiger partial charge in [-0.1, -0.05) is 11.6 Å². The maximum atomic E-state index is 9.13. The fourth-order valence-electron chi connectivity index (χ4n) is 3.26. The van der Waals surface area contributed by atoms with E-state index in [-0.39, 0.29) is 26.4 Å². The van der Waals surface area contributed by atoms with Crippen molar-refractivity contribution in [3.8, 4) is 11.5 Å². The Bertz CT molecular complexity index is 699. The first-order chi connectivity index (χ1) is 11.3. The Labute approximate surface area is 140 Å². The lowest BCUT2D eigenvalue weighted by Crippen LogP contribution is -2.13. The number of hydrogen-bond acceptors (Lipinski definition) is 4. The molecule has 0 saturated carbocycles. The summed E-state index contributed by atoms with van der Waals surface area (Å²) in [6.45, 7) is 0.470. The van der Waals surface area contributed by atoms with E-state index in [1.54, 1.807) is 0 Å². The summed E-state index contributed by atoms with van der Waals surface area (Å²) in [5.74, 6) is 1.64. The van der Waals surface area contributed by atoms with E-state index in [1.165, 1.54) is 0 Å². The van der Waals surface area contributed by atoms with Crippen molar-refractivity contribution < 1.29 is 19.7 Å². The van der Waals surface area contributed by atoms with Gasteiger partial charge in [0.05, 0.1) is 13.2 Å². The number of fused-ring (bicyclic) bond motifs is 2. The fraction of sp³-hybridized carbons (Fsp3) is 0.444. The predicted octanol–water partition coefficient (Wildman–Crippen LogP) is 3.11. The van der Waals surface area contributed by atoms with Gasteiger partial charge in [0.25, 0.3) is 0 Å². The van der Waals surface area contributed by atoms with E-state index in [0.29, 0.717) is 5.02 Å². The number of hydrogen-bond donors (Lipinski definition) is 2. The highest BCUT2D eigenvalue weighted by molar-refractivity contribution is 6.31. The minimum atomic E-state index is -0.0282. The second kappa shape index (κ2) is 7.39. The normalized spacial score (nSPS) is 13.9. The Morgan fingerprint density at radius 1 is 0.870 bits per heavy atom. The Hall–Kier alpha value is -1.49. The molecule has 124 valence electrons. The van der Waals surface area contributed by atoms with Gasteiger partial charge in [0.15, 0.2) is 0 Å². The molecule has 0 aliphatic heterocycles. The predicted molar refractivity (Wildman–Crippen MR) is 90.8 cm³/mol. The average Bonchev–Trinajstić information content (AvgIpc) is 2.58. The Kier molecular flexibility index (Phi) is 5.26. The lowest BCUT2D eigenvalue weighted by Gasteiger charge is -2.25. The van der Waals surface area contributed by atoms with Gasteiger partial charge in [-0.25, -0.2) is 0 Å². The zero-order valence-electron chi connectivity index (χ0n) is 13.0. The van der Waals surface area contributed by atoms with E-state index in [0.717, 1.165) is 59.1 Å². The second-order valence-corrected chi connectivity index (χ2v) is 6.09. The maximum absolute atomic E-state index is 9.13. The molecule has 0 saturated heterocycles. The van der Waals surface area contributed by atoms with Crippen LogP contribution in [0, 0.1) is 0 Å². The van der Waals surface area contributed by atoms with Gasteiger partial charge in [-0.2, -0.15) is 0 Å². The average molecular weight is 337 g/mol. The highest BCUT2D eigenvalue weighted by Gasteiger charge is 2.24. The molecule has 23 heavy (non-hydrogen) atoms. The molecule has 0 fully saturated rings. The second-order valence-electron chi connectivity index (χ2n) is 5.66. The number of halogens is 1. The minimum Gasteiger partial charge on any atom is -0.490 e. The quantitative estimate of drug-likeness (QED) is 0.851. The lowest BCUT2D eigenvalue weighted by molar-refractivity contribution is 0.197. The van der Waals surface area contributed by atoms with Crippen LogP contribution in [0.25, 0.3) is 10.8 Å². The summed E-state index contributed by atoms with van der Waals surface area (Å²) < 4.78 is 11.7. The number of aliphatic hydroxyl groups excluding tert-OH is 2. The monoisotopic (exact) mass is 336 g/mol. The zero-order chi connectivity index (χ0) is 16.2. The molecule has 2 N–H and O–H groups in total. The first-order valence-corrected chi connectivity index (χ1v) is 8.38. The maximum Gasteiger partial charge on any atom is 0.131 e. The number of rotatable bonds is 6. The molecule has 0 atom stereocenters. The lowest BCUT2D eigenvalue weighted by atomic mass is 9.87. The molecule has 4 nitrogen and oxygen atoms in total. The molecule has 1 aliphatic rings. The number of aliphatic hydroxyl groups is 2. The Morgan fingerprint density at radius 3 is 2.00 bits per heavy atom.